The summed E-state index contributed by atoms with van der Waals surface area (Å²) in [4.78, 5) is 13.6. The van der Waals surface area contributed by atoms with Gasteiger partial charge in [0, 0.05) is 19.6 Å². The minimum atomic E-state index is -0.683. The standard InChI is InChI=1S/C13H16F2N2O/c1-17(10-3-2-6-16-8-10)13(18)11-7-9(14)4-5-12(11)15/h4-5,7,10,16H,2-3,6,8H2,1H3/t10-/m0/s1. The molecular formula is C13H16F2N2O. The van der Waals surface area contributed by atoms with E-state index in [9.17, 15) is 13.6 Å². The zero-order chi connectivity index (χ0) is 13.1. The fourth-order valence-electron chi connectivity index (χ4n) is 2.18. The van der Waals surface area contributed by atoms with Gasteiger partial charge in [0.05, 0.1) is 5.56 Å². The van der Waals surface area contributed by atoms with Gasteiger partial charge in [0.2, 0.25) is 0 Å². The van der Waals surface area contributed by atoms with Crippen LogP contribution >= 0.6 is 0 Å². The number of benzene rings is 1. The number of piperidine rings is 1. The summed E-state index contributed by atoms with van der Waals surface area (Å²) >= 11 is 0. The van der Waals surface area contributed by atoms with E-state index in [1.165, 1.54) is 4.90 Å². The topological polar surface area (TPSA) is 32.3 Å². The Morgan fingerprint density at radius 3 is 2.89 bits per heavy atom. The van der Waals surface area contributed by atoms with Crippen molar-refractivity contribution in [2.24, 2.45) is 0 Å². The van der Waals surface area contributed by atoms with E-state index in [1.54, 1.807) is 7.05 Å². The van der Waals surface area contributed by atoms with E-state index in [0.29, 0.717) is 6.54 Å². The summed E-state index contributed by atoms with van der Waals surface area (Å²) in [7, 11) is 1.63. The molecule has 0 spiro atoms. The van der Waals surface area contributed by atoms with Crippen LogP contribution in [-0.2, 0) is 0 Å². The molecule has 0 radical (unpaired) electrons. The molecule has 0 unspecified atom stereocenters. The fourth-order valence-corrected chi connectivity index (χ4v) is 2.18. The molecule has 1 aliphatic rings. The van der Waals surface area contributed by atoms with Crippen LogP contribution in [0.2, 0.25) is 0 Å². The molecule has 0 aliphatic carbocycles. The Labute approximate surface area is 105 Å². The molecule has 0 bridgehead atoms. The number of hydrogen-bond donors (Lipinski definition) is 1. The van der Waals surface area contributed by atoms with E-state index >= 15 is 0 Å². The molecule has 5 heteroatoms. The first-order valence-electron chi connectivity index (χ1n) is 6.02. The number of hydrogen-bond acceptors (Lipinski definition) is 2. The molecular weight excluding hydrogens is 238 g/mol. The van der Waals surface area contributed by atoms with Gasteiger partial charge < -0.3 is 10.2 Å². The zero-order valence-corrected chi connectivity index (χ0v) is 10.2. The fraction of sp³-hybridized carbons (Fsp3) is 0.462. The summed E-state index contributed by atoms with van der Waals surface area (Å²) in [5.41, 5.74) is -0.205. The maximum atomic E-state index is 13.5. The molecule has 1 aromatic rings. The van der Waals surface area contributed by atoms with E-state index in [2.05, 4.69) is 5.32 Å². The van der Waals surface area contributed by atoms with Crippen LogP contribution in [-0.4, -0.2) is 37.0 Å². The average molecular weight is 254 g/mol. The number of carbonyl (C=O) groups is 1. The second-order valence-corrected chi connectivity index (χ2v) is 4.54. The third-order valence-electron chi connectivity index (χ3n) is 3.30. The molecule has 2 rings (SSSR count). The Kier molecular flexibility index (Phi) is 3.91. The Morgan fingerprint density at radius 2 is 2.22 bits per heavy atom. The van der Waals surface area contributed by atoms with Crippen LogP contribution in [0.25, 0.3) is 0 Å². The number of likely N-dealkylation sites (N-methyl/N-ethyl adjacent to an activating group) is 1. The van der Waals surface area contributed by atoms with Gasteiger partial charge in [-0.15, -0.1) is 0 Å². The number of rotatable bonds is 2. The smallest absolute Gasteiger partial charge is 0.256 e. The number of amides is 1. The van der Waals surface area contributed by atoms with Crippen molar-refractivity contribution in [1.82, 2.24) is 10.2 Å². The van der Waals surface area contributed by atoms with Crippen molar-refractivity contribution < 1.29 is 13.6 Å². The highest BCUT2D eigenvalue weighted by atomic mass is 19.1. The van der Waals surface area contributed by atoms with Gasteiger partial charge in [-0.05, 0) is 37.6 Å². The van der Waals surface area contributed by atoms with Crippen LogP contribution in [0.15, 0.2) is 18.2 Å². The van der Waals surface area contributed by atoms with Crippen molar-refractivity contribution in [3.05, 3.63) is 35.4 Å². The molecule has 1 heterocycles. The van der Waals surface area contributed by atoms with E-state index in [-0.39, 0.29) is 11.6 Å². The zero-order valence-electron chi connectivity index (χ0n) is 10.2. The minimum absolute atomic E-state index is 0.0360. The first kappa shape index (κ1) is 13.0. The van der Waals surface area contributed by atoms with E-state index < -0.39 is 17.5 Å². The molecule has 1 aromatic carbocycles. The van der Waals surface area contributed by atoms with Gasteiger partial charge in [0.1, 0.15) is 11.6 Å². The Hall–Kier alpha value is -1.49. The van der Waals surface area contributed by atoms with Gasteiger partial charge in [0.25, 0.3) is 5.91 Å². The lowest BCUT2D eigenvalue weighted by molar-refractivity contribution is 0.0703. The Balaban J connectivity index is 2.16. The van der Waals surface area contributed by atoms with Gasteiger partial charge in [0.15, 0.2) is 0 Å². The van der Waals surface area contributed by atoms with Crippen molar-refractivity contribution in [1.29, 1.82) is 0 Å². The number of nitrogens with zero attached hydrogens (tertiary/aromatic N) is 1. The summed E-state index contributed by atoms with van der Waals surface area (Å²) in [6.45, 7) is 1.63. The monoisotopic (exact) mass is 254 g/mol. The van der Waals surface area contributed by atoms with Gasteiger partial charge in [-0.3, -0.25) is 4.79 Å². The van der Waals surface area contributed by atoms with Gasteiger partial charge in [-0.1, -0.05) is 0 Å². The molecule has 98 valence electrons. The van der Waals surface area contributed by atoms with Crippen LogP contribution in [0.3, 0.4) is 0 Å². The summed E-state index contributed by atoms with van der Waals surface area (Å²) in [5, 5.41) is 3.19. The summed E-state index contributed by atoms with van der Waals surface area (Å²) < 4.78 is 26.6. The predicted molar refractivity (Wildman–Crippen MR) is 64.3 cm³/mol. The first-order valence-corrected chi connectivity index (χ1v) is 6.02. The molecule has 1 aliphatic heterocycles. The molecule has 0 aromatic heterocycles. The maximum Gasteiger partial charge on any atom is 0.256 e. The van der Waals surface area contributed by atoms with E-state index in [4.69, 9.17) is 0 Å². The Morgan fingerprint density at radius 1 is 1.44 bits per heavy atom. The lowest BCUT2D eigenvalue weighted by Gasteiger charge is -2.31. The number of halogens is 2. The number of nitrogens with one attached hydrogen (secondary N) is 1. The highest BCUT2D eigenvalue weighted by molar-refractivity contribution is 5.94. The highest BCUT2D eigenvalue weighted by Crippen LogP contribution is 2.16. The van der Waals surface area contributed by atoms with E-state index in [1.807, 2.05) is 0 Å². The lowest BCUT2D eigenvalue weighted by Crippen LogP contribution is -2.46. The van der Waals surface area contributed by atoms with Gasteiger partial charge >= 0.3 is 0 Å². The summed E-state index contributed by atoms with van der Waals surface area (Å²) in [6, 6.07) is 2.97. The normalized spacial score (nSPS) is 19.6. The van der Waals surface area contributed by atoms with Crippen molar-refractivity contribution in [2.75, 3.05) is 20.1 Å². The average Bonchev–Trinajstić information content (AvgIpc) is 2.41. The molecule has 18 heavy (non-hydrogen) atoms. The molecule has 1 atom stereocenters. The van der Waals surface area contributed by atoms with Crippen molar-refractivity contribution in [3.63, 3.8) is 0 Å². The second kappa shape index (κ2) is 5.44. The quantitative estimate of drug-likeness (QED) is 0.872. The van der Waals surface area contributed by atoms with Gasteiger partial charge in [-0.25, -0.2) is 8.78 Å². The van der Waals surface area contributed by atoms with Crippen LogP contribution in [0.4, 0.5) is 8.78 Å². The maximum absolute atomic E-state index is 13.5. The molecule has 3 nitrogen and oxygen atoms in total. The minimum Gasteiger partial charge on any atom is -0.337 e. The van der Waals surface area contributed by atoms with Crippen molar-refractivity contribution in [3.8, 4) is 0 Å². The predicted octanol–water partition coefficient (Wildman–Crippen LogP) is 1.79. The second-order valence-electron chi connectivity index (χ2n) is 4.54. The molecule has 1 fully saturated rings. The summed E-state index contributed by atoms with van der Waals surface area (Å²) in [6.07, 6.45) is 1.86. The Bertz CT molecular complexity index is 445. The molecule has 0 saturated carbocycles. The highest BCUT2D eigenvalue weighted by Gasteiger charge is 2.24. The third kappa shape index (κ3) is 2.67. The third-order valence-corrected chi connectivity index (χ3v) is 3.30. The molecule has 1 N–H and O–H groups in total. The van der Waals surface area contributed by atoms with Crippen molar-refractivity contribution >= 4 is 5.91 Å². The van der Waals surface area contributed by atoms with Crippen LogP contribution < -0.4 is 5.32 Å². The lowest BCUT2D eigenvalue weighted by atomic mass is 10.0. The largest absolute Gasteiger partial charge is 0.337 e. The van der Waals surface area contributed by atoms with Crippen molar-refractivity contribution in [2.45, 2.75) is 18.9 Å². The van der Waals surface area contributed by atoms with Crippen LogP contribution in [0.5, 0.6) is 0 Å². The van der Waals surface area contributed by atoms with Gasteiger partial charge in [-0.2, -0.15) is 0 Å². The van der Waals surface area contributed by atoms with Crippen LogP contribution in [0, 0.1) is 11.6 Å². The summed E-state index contributed by atoms with van der Waals surface area (Å²) in [5.74, 6) is -1.76. The molecule has 1 amide bonds. The van der Waals surface area contributed by atoms with Crippen LogP contribution in [0.1, 0.15) is 23.2 Å². The SMILES string of the molecule is CN(C(=O)c1cc(F)ccc1F)[C@H]1CCCNC1. The first-order chi connectivity index (χ1) is 8.59. The number of carbonyl (C=O) groups excluding carboxylic acids is 1. The molecule has 1 saturated heterocycles. The van der Waals surface area contributed by atoms with E-state index in [0.717, 1.165) is 37.6 Å².